The highest BCUT2D eigenvalue weighted by Crippen LogP contribution is 2.44. The molecule has 2 aliphatic rings. The van der Waals surface area contributed by atoms with E-state index in [4.69, 9.17) is 11.6 Å². The molecule has 0 radical (unpaired) electrons. The molecule has 1 saturated carbocycles. The number of rotatable bonds is 3. The van der Waals surface area contributed by atoms with Gasteiger partial charge in [0.15, 0.2) is 0 Å². The zero-order valence-corrected chi connectivity index (χ0v) is 15.6. The van der Waals surface area contributed by atoms with Gasteiger partial charge in [-0.1, -0.05) is 35.9 Å². The van der Waals surface area contributed by atoms with Crippen LogP contribution in [0.5, 0.6) is 0 Å². The fraction of sp³-hybridized carbons (Fsp3) is 0.333. The minimum absolute atomic E-state index is 0.0606. The molecular formula is C21H21ClN2O2. The van der Waals surface area contributed by atoms with E-state index in [1.54, 1.807) is 12.1 Å². The smallest absolute Gasteiger partial charge is 0.231 e. The number of nitrogens with zero attached hydrogens (tertiary/aromatic N) is 1. The molecule has 5 heteroatoms. The van der Waals surface area contributed by atoms with Gasteiger partial charge in [0.1, 0.15) is 0 Å². The fourth-order valence-corrected chi connectivity index (χ4v) is 3.96. The first-order valence-corrected chi connectivity index (χ1v) is 9.31. The number of fused-ring (bicyclic) bond motifs is 1. The van der Waals surface area contributed by atoms with Gasteiger partial charge in [0.05, 0.1) is 11.8 Å². The SMILES string of the molecule is Cc1ccc(Cl)cc1NC(=O)C1CC1C(=O)N1c2ccccc2CC1C. The van der Waals surface area contributed by atoms with Crippen LogP contribution in [0.3, 0.4) is 0 Å². The van der Waals surface area contributed by atoms with E-state index in [0.717, 1.165) is 17.7 Å². The number of anilines is 2. The second-order valence-corrected chi connectivity index (χ2v) is 7.72. The molecule has 1 aliphatic heterocycles. The number of para-hydroxylation sites is 1. The largest absolute Gasteiger partial charge is 0.326 e. The maximum absolute atomic E-state index is 13.0. The Bertz CT molecular complexity index is 895. The molecule has 3 atom stereocenters. The Morgan fingerprint density at radius 2 is 1.92 bits per heavy atom. The van der Waals surface area contributed by atoms with Crippen molar-refractivity contribution < 1.29 is 9.59 Å². The zero-order chi connectivity index (χ0) is 18.4. The van der Waals surface area contributed by atoms with E-state index in [1.807, 2.05) is 36.1 Å². The standard InChI is InChI=1S/C21H21ClN2O2/c1-12-7-8-15(22)10-18(12)23-20(25)16-11-17(16)21(26)24-13(2)9-14-5-3-4-6-19(14)24/h3-8,10,13,16-17H,9,11H2,1-2H3,(H,23,25). The summed E-state index contributed by atoms with van der Waals surface area (Å²) in [6, 6.07) is 13.6. The van der Waals surface area contributed by atoms with Crippen LogP contribution in [0.1, 0.15) is 24.5 Å². The second kappa shape index (κ2) is 6.44. The van der Waals surface area contributed by atoms with E-state index in [2.05, 4.69) is 18.3 Å². The summed E-state index contributed by atoms with van der Waals surface area (Å²) in [4.78, 5) is 27.4. The molecule has 134 valence electrons. The Hall–Kier alpha value is -2.33. The zero-order valence-electron chi connectivity index (χ0n) is 14.8. The van der Waals surface area contributed by atoms with Crippen LogP contribution in [-0.2, 0) is 16.0 Å². The lowest BCUT2D eigenvalue weighted by molar-refractivity contribution is -0.123. The van der Waals surface area contributed by atoms with E-state index in [-0.39, 0.29) is 29.7 Å². The predicted octanol–water partition coefficient (Wildman–Crippen LogP) is 4.20. The van der Waals surface area contributed by atoms with E-state index in [9.17, 15) is 9.59 Å². The highest BCUT2D eigenvalue weighted by atomic mass is 35.5. The number of hydrogen-bond acceptors (Lipinski definition) is 2. The third-order valence-corrected chi connectivity index (χ3v) is 5.58. The summed E-state index contributed by atoms with van der Waals surface area (Å²) in [6.45, 7) is 3.98. The van der Waals surface area contributed by atoms with Crippen LogP contribution >= 0.6 is 11.6 Å². The molecule has 26 heavy (non-hydrogen) atoms. The third-order valence-electron chi connectivity index (χ3n) is 5.35. The molecule has 2 aromatic rings. The van der Waals surface area contributed by atoms with Crippen LogP contribution in [0.15, 0.2) is 42.5 Å². The van der Waals surface area contributed by atoms with Crippen molar-refractivity contribution in [3.05, 3.63) is 58.6 Å². The van der Waals surface area contributed by atoms with Crippen molar-refractivity contribution in [1.82, 2.24) is 0 Å². The minimum atomic E-state index is -0.263. The molecule has 1 fully saturated rings. The number of nitrogens with one attached hydrogen (secondary N) is 1. The first-order valence-electron chi connectivity index (χ1n) is 8.93. The average Bonchev–Trinajstić information content (AvgIpc) is 3.34. The molecule has 2 amide bonds. The Balaban J connectivity index is 1.46. The molecule has 2 aromatic carbocycles. The molecule has 1 heterocycles. The maximum Gasteiger partial charge on any atom is 0.231 e. The van der Waals surface area contributed by atoms with E-state index in [1.165, 1.54) is 5.56 Å². The minimum Gasteiger partial charge on any atom is -0.326 e. The quantitative estimate of drug-likeness (QED) is 0.882. The number of halogens is 1. The van der Waals surface area contributed by atoms with Crippen molar-refractivity contribution >= 4 is 34.8 Å². The number of carbonyl (C=O) groups excluding carboxylic acids is 2. The summed E-state index contributed by atoms with van der Waals surface area (Å²) < 4.78 is 0. The molecule has 0 bridgehead atoms. The van der Waals surface area contributed by atoms with Gasteiger partial charge in [-0.25, -0.2) is 0 Å². The third kappa shape index (κ3) is 2.99. The van der Waals surface area contributed by atoms with Crippen LogP contribution < -0.4 is 10.2 Å². The highest BCUT2D eigenvalue weighted by molar-refractivity contribution is 6.31. The molecule has 1 N–H and O–H groups in total. The van der Waals surface area contributed by atoms with Crippen molar-refractivity contribution in [2.75, 3.05) is 10.2 Å². The van der Waals surface area contributed by atoms with Gasteiger partial charge in [0, 0.05) is 22.4 Å². The Morgan fingerprint density at radius 3 is 2.73 bits per heavy atom. The molecule has 4 rings (SSSR count). The lowest BCUT2D eigenvalue weighted by Gasteiger charge is -2.23. The number of benzene rings is 2. The van der Waals surface area contributed by atoms with E-state index < -0.39 is 0 Å². The van der Waals surface area contributed by atoms with Crippen LogP contribution in [0.2, 0.25) is 5.02 Å². The first kappa shape index (κ1) is 17.1. The number of aryl methyl sites for hydroxylation is 1. The Labute approximate surface area is 158 Å². The molecule has 4 nitrogen and oxygen atoms in total. The maximum atomic E-state index is 13.0. The Morgan fingerprint density at radius 1 is 1.15 bits per heavy atom. The summed E-state index contributed by atoms with van der Waals surface area (Å²) in [5, 5.41) is 3.51. The van der Waals surface area contributed by atoms with E-state index in [0.29, 0.717) is 17.1 Å². The second-order valence-electron chi connectivity index (χ2n) is 7.29. The van der Waals surface area contributed by atoms with Gasteiger partial charge >= 0.3 is 0 Å². The van der Waals surface area contributed by atoms with Crippen molar-refractivity contribution in [3.63, 3.8) is 0 Å². The van der Waals surface area contributed by atoms with Crippen molar-refractivity contribution in [3.8, 4) is 0 Å². The van der Waals surface area contributed by atoms with Crippen LogP contribution in [0.4, 0.5) is 11.4 Å². The number of hydrogen-bond donors (Lipinski definition) is 1. The van der Waals surface area contributed by atoms with Gasteiger partial charge in [-0.3, -0.25) is 9.59 Å². The van der Waals surface area contributed by atoms with Crippen LogP contribution in [-0.4, -0.2) is 17.9 Å². The monoisotopic (exact) mass is 368 g/mol. The highest BCUT2D eigenvalue weighted by Gasteiger charge is 2.51. The number of carbonyl (C=O) groups is 2. The van der Waals surface area contributed by atoms with E-state index >= 15 is 0 Å². The molecule has 0 spiro atoms. The summed E-state index contributed by atoms with van der Waals surface area (Å²) in [7, 11) is 0. The average molecular weight is 369 g/mol. The molecular weight excluding hydrogens is 348 g/mol. The fourth-order valence-electron chi connectivity index (χ4n) is 3.79. The summed E-state index contributed by atoms with van der Waals surface area (Å²) in [5.41, 5.74) is 3.85. The van der Waals surface area contributed by atoms with Crippen molar-refractivity contribution in [1.29, 1.82) is 0 Å². The normalized spacial score (nSPS) is 23.5. The van der Waals surface area contributed by atoms with Gasteiger partial charge in [-0.2, -0.15) is 0 Å². The summed E-state index contributed by atoms with van der Waals surface area (Å²) in [6.07, 6.45) is 1.48. The molecule has 0 saturated heterocycles. The topological polar surface area (TPSA) is 49.4 Å². The van der Waals surface area contributed by atoms with Gasteiger partial charge in [-0.05, 0) is 56.0 Å². The lowest BCUT2D eigenvalue weighted by Crippen LogP contribution is -2.37. The van der Waals surface area contributed by atoms with Gasteiger partial charge in [0.25, 0.3) is 0 Å². The summed E-state index contributed by atoms with van der Waals surface area (Å²) >= 11 is 6.01. The van der Waals surface area contributed by atoms with Crippen molar-refractivity contribution in [2.45, 2.75) is 32.7 Å². The molecule has 1 aliphatic carbocycles. The van der Waals surface area contributed by atoms with Gasteiger partial charge < -0.3 is 10.2 Å². The molecule has 0 aromatic heterocycles. The predicted molar refractivity (Wildman–Crippen MR) is 104 cm³/mol. The molecule has 3 unspecified atom stereocenters. The summed E-state index contributed by atoms with van der Waals surface area (Å²) in [5.74, 6) is -0.539. The van der Waals surface area contributed by atoms with Gasteiger partial charge in [0.2, 0.25) is 11.8 Å². The van der Waals surface area contributed by atoms with Crippen LogP contribution in [0, 0.1) is 18.8 Å². The van der Waals surface area contributed by atoms with Crippen molar-refractivity contribution in [2.24, 2.45) is 11.8 Å². The Kier molecular flexibility index (Phi) is 4.23. The first-order chi connectivity index (χ1) is 12.5. The van der Waals surface area contributed by atoms with Gasteiger partial charge in [-0.15, -0.1) is 0 Å². The lowest BCUT2D eigenvalue weighted by atomic mass is 10.1. The van der Waals surface area contributed by atoms with Crippen LogP contribution in [0.25, 0.3) is 0 Å². The number of amides is 2.